The number of rotatable bonds is 3. The van der Waals surface area contributed by atoms with Gasteiger partial charge in [0.15, 0.2) is 5.76 Å². The maximum Gasteiger partial charge on any atom is 0.409 e. The largest absolute Gasteiger partial charge is 0.502 e. The zero-order chi connectivity index (χ0) is 17.3. The second kappa shape index (κ2) is 6.64. The fourth-order valence-electron chi connectivity index (χ4n) is 3.03. The molecular formula is C16H18N2O5S. The third-order valence-corrected chi connectivity index (χ3v) is 5.10. The first-order valence-electron chi connectivity index (χ1n) is 7.81. The first-order chi connectivity index (χ1) is 11.5. The van der Waals surface area contributed by atoms with Crippen molar-refractivity contribution in [2.24, 2.45) is 0 Å². The third kappa shape index (κ3) is 2.77. The summed E-state index contributed by atoms with van der Waals surface area (Å²) in [7, 11) is 0. The Morgan fingerprint density at radius 3 is 2.62 bits per heavy atom. The molecule has 3 heterocycles. The molecular weight excluding hydrogens is 332 g/mol. The number of imide groups is 1. The molecule has 2 aliphatic heterocycles. The monoisotopic (exact) mass is 350 g/mol. The molecule has 1 aromatic rings. The minimum absolute atomic E-state index is 0.0721. The van der Waals surface area contributed by atoms with E-state index in [1.165, 1.54) is 11.3 Å². The number of likely N-dealkylation sites (tertiary alicyclic amines) is 1. The van der Waals surface area contributed by atoms with Crippen LogP contribution < -0.4 is 0 Å². The highest BCUT2D eigenvalue weighted by Gasteiger charge is 2.44. The maximum absolute atomic E-state index is 12.6. The first kappa shape index (κ1) is 16.5. The Labute approximate surface area is 143 Å². The van der Waals surface area contributed by atoms with Gasteiger partial charge in [-0.05, 0) is 31.2 Å². The van der Waals surface area contributed by atoms with Crippen molar-refractivity contribution in [3.8, 4) is 0 Å². The van der Waals surface area contributed by atoms with Crippen LogP contribution in [0.5, 0.6) is 0 Å². The number of nitrogens with zero attached hydrogens (tertiary/aromatic N) is 2. The van der Waals surface area contributed by atoms with Crippen molar-refractivity contribution in [2.75, 3.05) is 19.7 Å². The average molecular weight is 350 g/mol. The van der Waals surface area contributed by atoms with Crippen molar-refractivity contribution in [1.29, 1.82) is 0 Å². The van der Waals surface area contributed by atoms with Crippen LogP contribution in [0.3, 0.4) is 0 Å². The van der Waals surface area contributed by atoms with Crippen LogP contribution in [0.15, 0.2) is 23.3 Å². The van der Waals surface area contributed by atoms with Crippen molar-refractivity contribution >= 4 is 34.8 Å². The molecule has 1 aromatic heterocycles. The molecule has 0 bridgehead atoms. The van der Waals surface area contributed by atoms with Crippen LogP contribution in [-0.2, 0) is 14.3 Å². The van der Waals surface area contributed by atoms with Crippen molar-refractivity contribution in [3.63, 3.8) is 0 Å². The van der Waals surface area contributed by atoms with E-state index in [4.69, 9.17) is 4.74 Å². The lowest BCUT2D eigenvalue weighted by atomic mass is 10.0. The van der Waals surface area contributed by atoms with Gasteiger partial charge in [-0.1, -0.05) is 6.07 Å². The standard InChI is InChI=1S/C16H18N2O5S/c1-2-23-16(22)17-7-5-10(6-8-17)18-14(20)12(13(19)15(18)21)11-4-3-9-24-11/h3-4,9-10,19H,2,5-8H2,1H3. The molecule has 3 rings (SSSR count). The van der Waals surface area contributed by atoms with E-state index in [1.54, 1.807) is 29.3 Å². The zero-order valence-corrected chi connectivity index (χ0v) is 14.0. The van der Waals surface area contributed by atoms with E-state index in [0.29, 0.717) is 37.4 Å². The molecule has 8 heteroatoms. The van der Waals surface area contributed by atoms with Crippen LogP contribution in [-0.4, -0.2) is 58.6 Å². The molecule has 0 spiro atoms. The second-order valence-electron chi connectivity index (χ2n) is 5.60. The van der Waals surface area contributed by atoms with Gasteiger partial charge in [-0.15, -0.1) is 11.3 Å². The predicted molar refractivity (Wildman–Crippen MR) is 87.3 cm³/mol. The summed E-state index contributed by atoms with van der Waals surface area (Å²) in [5, 5.41) is 11.9. The summed E-state index contributed by atoms with van der Waals surface area (Å²) in [6.07, 6.45) is 0.568. The highest BCUT2D eigenvalue weighted by molar-refractivity contribution is 7.11. The molecule has 1 saturated heterocycles. The van der Waals surface area contributed by atoms with Crippen molar-refractivity contribution in [1.82, 2.24) is 9.80 Å². The molecule has 2 aliphatic rings. The minimum atomic E-state index is -0.655. The minimum Gasteiger partial charge on any atom is -0.502 e. The number of thiophene rings is 1. The number of aliphatic hydroxyl groups is 1. The van der Waals surface area contributed by atoms with E-state index in [0.717, 1.165) is 4.90 Å². The lowest BCUT2D eigenvalue weighted by Gasteiger charge is -2.35. The van der Waals surface area contributed by atoms with Gasteiger partial charge in [0.25, 0.3) is 11.8 Å². The topological polar surface area (TPSA) is 87.2 Å². The van der Waals surface area contributed by atoms with Crippen LogP contribution in [0, 0.1) is 0 Å². The molecule has 128 valence electrons. The van der Waals surface area contributed by atoms with Gasteiger partial charge >= 0.3 is 6.09 Å². The Balaban J connectivity index is 1.71. The fraction of sp³-hybridized carbons (Fsp3) is 0.438. The molecule has 0 radical (unpaired) electrons. The molecule has 7 nitrogen and oxygen atoms in total. The van der Waals surface area contributed by atoms with Crippen molar-refractivity contribution < 1.29 is 24.2 Å². The van der Waals surface area contributed by atoms with Crippen molar-refractivity contribution in [2.45, 2.75) is 25.8 Å². The number of piperidine rings is 1. The number of carbonyl (C=O) groups is 3. The van der Waals surface area contributed by atoms with Crippen LogP contribution in [0.1, 0.15) is 24.6 Å². The number of aliphatic hydroxyl groups excluding tert-OH is 1. The number of hydrogen-bond donors (Lipinski definition) is 1. The molecule has 0 unspecified atom stereocenters. The van der Waals surface area contributed by atoms with Gasteiger partial charge in [-0.3, -0.25) is 14.5 Å². The molecule has 1 fully saturated rings. The van der Waals surface area contributed by atoms with Crippen LogP contribution in [0.4, 0.5) is 4.79 Å². The van der Waals surface area contributed by atoms with Crippen LogP contribution in [0.2, 0.25) is 0 Å². The lowest BCUT2D eigenvalue weighted by Crippen LogP contribution is -2.49. The summed E-state index contributed by atoms with van der Waals surface area (Å²) in [5.41, 5.74) is 0.0721. The summed E-state index contributed by atoms with van der Waals surface area (Å²) in [5.74, 6) is -1.61. The van der Waals surface area contributed by atoms with E-state index >= 15 is 0 Å². The van der Waals surface area contributed by atoms with Crippen LogP contribution >= 0.6 is 11.3 Å². The maximum atomic E-state index is 12.6. The van der Waals surface area contributed by atoms with Gasteiger partial charge in [-0.2, -0.15) is 0 Å². The Bertz CT molecular complexity index is 689. The molecule has 0 atom stereocenters. The summed E-state index contributed by atoms with van der Waals surface area (Å²) in [6.45, 7) is 2.88. The Morgan fingerprint density at radius 1 is 1.33 bits per heavy atom. The lowest BCUT2D eigenvalue weighted by molar-refractivity contribution is -0.141. The van der Waals surface area contributed by atoms with E-state index < -0.39 is 17.6 Å². The number of carbonyl (C=O) groups excluding carboxylic acids is 3. The molecule has 0 aliphatic carbocycles. The van der Waals surface area contributed by atoms with Gasteiger partial charge in [0.1, 0.15) is 5.57 Å². The fourth-order valence-corrected chi connectivity index (χ4v) is 3.79. The molecule has 1 N–H and O–H groups in total. The summed E-state index contributed by atoms with van der Waals surface area (Å²) >= 11 is 1.30. The molecule has 0 aromatic carbocycles. The van der Waals surface area contributed by atoms with E-state index in [-0.39, 0.29) is 17.7 Å². The first-order valence-corrected chi connectivity index (χ1v) is 8.69. The number of amides is 3. The smallest absolute Gasteiger partial charge is 0.409 e. The normalized spacial score (nSPS) is 19.4. The predicted octanol–water partition coefficient (Wildman–Crippen LogP) is 2.01. The molecule has 0 saturated carbocycles. The van der Waals surface area contributed by atoms with Crippen molar-refractivity contribution in [3.05, 3.63) is 28.1 Å². The zero-order valence-electron chi connectivity index (χ0n) is 13.2. The van der Waals surface area contributed by atoms with Gasteiger partial charge in [0.05, 0.1) is 6.61 Å². The van der Waals surface area contributed by atoms with Gasteiger partial charge in [0.2, 0.25) is 0 Å². The highest BCUT2D eigenvalue weighted by atomic mass is 32.1. The van der Waals surface area contributed by atoms with E-state index in [2.05, 4.69) is 0 Å². The number of hydrogen-bond acceptors (Lipinski definition) is 6. The van der Waals surface area contributed by atoms with Crippen LogP contribution in [0.25, 0.3) is 5.57 Å². The Hall–Kier alpha value is -2.35. The third-order valence-electron chi connectivity index (χ3n) is 4.21. The van der Waals surface area contributed by atoms with E-state index in [9.17, 15) is 19.5 Å². The van der Waals surface area contributed by atoms with Gasteiger partial charge in [-0.25, -0.2) is 4.79 Å². The van der Waals surface area contributed by atoms with E-state index in [1.807, 2.05) is 0 Å². The number of ether oxygens (including phenoxy) is 1. The quantitative estimate of drug-likeness (QED) is 0.843. The van der Waals surface area contributed by atoms with Gasteiger partial charge < -0.3 is 14.7 Å². The summed E-state index contributed by atoms with van der Waals surface area (Å²) < 4.78 is 4.96. The Morgan fingerprint density at radius 2 is 2.04 bits per heavy atom. The Kier molecular flexibility index (Phi) is 4.57. The van der Waals surface area contributed by atoms with Gasteiger partial charge in [0, 0.05) is 24.0 Å². The molecule has 3 amide bonds. The average Bonchev–Trinajstić information content (AvgIpc) is 3.16. The SMILES string of the molecule is CCOC(=O)N1CCC(N2C(=O)C(O)=C(c3cccs3)C2=O)CC1. The molecule has 24 heavy (non-hydrogen) atoms. The highest BCUT2D eigenvalue weighted by Crippen LogP contribution is 2.33. The second-order valence-corrected chi connectivity index (χ2v) is 6.55. The summed E-state index contributed by atoms with van der Waals surface area (Å²) in [6, 6.07) is 3.14. The summed E-state index contributed by atoms with van der Waals surface area (Å²) in [4.78, 5) is 40.0.